The number of nitrogens with two attached hydrogens (primary N) is 1. The molecular formula is C16H23FN4O2. The lowest BCUT2D eigenvalue weighted by atomic mass is 10.2. The van der Waals surface area contributed by atoms with Crippen molar-refractivity contribution in [3.05, 3.63) is 30.1 Å². The van der Waals surface area contributed by atoms with E-state index in [2.05, 4.69) is 10.6 Å². The molecule has 2 rings (SSSR count). The number of carbonyl (C=O) groups is 2. The number of benzene rings is 1. The molecule has 7 heteroatoms. The summed E-state index contributed by atoms with van der Waals surface area (Å²) in [4.78, 5) is 25.7. The molecule has 1 aromatic carbocycles. The van der Waals surface area contributed by atoms with Crippen molar-refractivity contribution in [3.8, 4) is 0 Å². The van der Waals surface area contributed by atoms with E-state index < -0.39 is 0 Å². The summed E-state index contributed by atoms with van der Waals surface area (Å²) in [5, 5.41) is 5.47. The Hall–Kier alpha value is -2.15. The van der Waals surface area contributed by atoms with Crippen LogP contribution in [0.25, 0.3) is 0 Å². The zero-order valence-electron chi connectivity index (χ0n) is 13.2. The average Bonchev–Trinajstić information content (AvgIpc) is 2.95. The number of likely N-dealkylation sites (tertiary alicyclic amines) is 1. The fourth-order valence-corrected chi connectivity index (χ4v) is 2.50. The molecule has 0 spiro atoms. The van der Waals surface area contributed by atoms with Crippen LogP contribution >= 0.6 is 0 Å². The smallest absolute Gasteiger partial charge is 0.319 e. The molecule has 3 amide bonds. The molecule has 2 unspecified atom stereocenters. The Morgan fingerprint density at radius 2 is 2.09 bits per heavy atom. The molecule has 0 aliphatic carbocycles. The fraction of sp³-hybridized carbons (Fsp3) is 0.500. The highest BCUT2D eigenvalue weighted by Gasteiger charge is 2.27. The molecule has 23 heavy (non-hydrogen) atoms. The quantitative estimate of drug-likeness (QED) is 0.770. The number of anilines is 1. The number of rotatable bonds is 5. The van der Waals surface area contributed by atoms with Gasteiger partial charge in [-0.2, -0.15) is 0 Å². The first-order valence-corrected chi connectivity index (χ1v) is 7.80. The van der Waals surface area contributed by atoms with Gasteiger partial charge in [-0.1, -0.05) is 0 Å². The molecule has 1 heterocycles. The maximum atomic E-state index is 12.8. The molecule has 4 N–H and O–H groups in total. The van der Waals surface area contributed by atoms with E-state index >= 15 is 0 Å². The SMILES string of the molecule is CC(N)CCC(=O)N1CCC(NC(=O)Nc2ccc(F)cc2)C1. The molecule has 1 aliphatic rings. The van der Waals surface area contributed by atoms with E-state index in [4.69, 9.17) is 5.73 Å². The number of hydrogen-bond acceptors (Lipinski definition) is 3. The van der Waals surface area contributed by atoms with Gasteiger partial charge >= 0.3 is 6.03 Å². The van der Waals surface area contributed by atoms with Gasteiger partial charge in [-0.3, -0.25) is 4.79 Å². The van der Waals surface area contributed by atoms with Gasteiger partial charge in [-0.25, -0.2) is 9.18 Å². The summed E-state index contributed by atoms with van der Waals surface area (Å²) < 4.78 is 12.8. The van der Waals surface area contributed by atoms with Gasteiger partial charge in [-0.05, 0) is 44.0 Å². The Balaban J connectivity index is 1.75. The summed E-state index contributed by atoms with van der Waals surface area (Å²) >= 11 is 0. The van der Waals surface area contributed by atoms with Crippen molar-refractivity contribution in [1.82, 2.24) is 10.2 Å². The Morgan fingerprint density at radius 1 is 1.39 bits per heavy atom. The summed E-state index contributed by atoms with van der Waals surface area (Å²) in [6, 6.07) is 5.13. The van der Waals surface area contributed by atoms with Crippen molar-refractivity contribution in [3.63, 3.8) is 0 Å². The Morgan fingerprint density at radius 3 is 2.74 bits per heavy atom. The van der Waals surface area contributed by atoms with Gasteiger partial charge in [0, 0.05) is 37.3 Å². The molecule has 1 aromatic rings. The predicted octanol–water partition coefficient (Wildman–Crippen LogP) is 1.68. The van der Waals surface area contributed by atoms with Crippen LogP contribution in [0.4, 0.5) is 14.9 Å². The number of urea groups is 1. The van der Waals surface area contributed by atoms with Gasteiger partial charge in [0.1, 0.15) is 5.82 Å². The van der Waals surface area contributed by atoms with Crippen LogP contribution in [0.2, 0.25) is 0 Å². The molecule has 0 saturated carbocycles. The third kappa shape index (κ3) is 5.52. The second-order valence-electron chi connectivity index (χ2n) is 5.95. The normalized spacial score (nSPS) is 18.6. The first-order chi connectivity index (χ1) is 10.9. The highest BCUT2D eigenvalue weighted by molar-refractivity contribution is 5.89. The first-order valence-electron chi connectivity index (χ1n) is 7.80. The molecule has 6 nitrogen and oxygen atoms in total. The fourth-order valence-electron chi connectivity index (χ4n) is 2.50. The van der Waals surface area contributed by atoms with Gasteiger partial charge in [-0.15, -0.1) is 0 Å². The Labute approximate surface area is 135 Å². The Bertz CT molecular complexity index is 548. The van der Waals surface area contributed by atoms with E-state index in [1.54, 1.807) is 4.90 Å². The lowest BCUT2D eigenvalue weighted by Gasteiger charge is -2.18. The summed E-state index contributed by atoms with van der Waals surface area (Å²) in [6.45, 7) is 3.02. The molecule has 1 fully saturated rings. The average molecular weight is 322 g/mol. The van der Waals surface area contributed by atoms with E-state index in [0.717, 1.165) is 6.42 Å². The molecule has 126 valence electrons. The molecule has 0 bridgehead atoms. The third-order valence-electron chi connectivity index (χ3n) is 3.79. The van der Waals surface area contributed by atoms with Gasteiger partial charge in [0.2, 0.25) is 5.91 Å². The number of carbonyl (C=O) groups excluding carboxylic acids is 2. The Kier molecular flexibility index (Phi) is 5.92. The number of nitrogens with one attached hydrogen (secondary N) is 2. The highest BCUT2D eigenvalue weighted by atomic mass is 19.1. The second-order valence-corrected chi connectivity index (χ2v) is 5.95. The van der Waals surface area contributed by atoms with Crippen LogP contribution in [-0.2, 0) is 4.79 Å². The maximum Gasteiger partial charge on any atom is 0.319 e. The van der Waals surface area contributed by atoms with Crippen LogP contribution in [0.15, 0.2) is 24.3 Å². The van der Waals surface area contributed by atoms with Gasteiger partial charge in [0.15, 0.2) is 0 Å². The van der Waals surface area contributed by atoms with Gasteiger partial charge < -0.3 is 21.3 Å². The lowest BCUT2D eigenvalue weighted by Crippen LogP contribution is -2.40. The number of nitrogens with zero attached hydrogens (tertiary/aromatic N) is 1. The largest absolute Gasteiger partial charge is 0.341 e. The van der Waals surface area contributed by atoms with Crippen LogP contribution in [0.1, 0.15) is 26.2 Å². The standard InChI is InChI=1S/C16H23FN4O2/c1-11(18)2-7-15(22)21-9-8-14(10-21)20-16(23)19-13-5-3-12(17)4-6-13/h3-6,11,14H,2,7-10,18H2,1H3,(H2,19,20,23). The number of halogens is 1. The van der Waals surface area contributed by atoms with Crippen LogP contribution in [-0.4, -0.2) is 42.0 Å². The van der Waals surface area contributed by atoms with Crippen LogP contribution < -0.4 is 16.4 Å². The maximum absolute atomic E-state index is 12.8. The van der Waals surface area contributed by atoms with Crippen LogP contribution in [0, 0.1) is 5.82 Å². The van der Waals surface area contributed by atoms with Crippen molar-refractivity contribution in [2.75, 3.05) is 18.4 Å². The minimum atomic E-state index is -0.355. The van der Waals surface area contributed by atoms with Crippen molar-refractivity contribution in [2.45, 2.75) is 38.3 Å². The lowest BCUT2D eigenvalue weighted by molar-refractivity contribution is -0.130. The van der Waals surface area contributed by atoms with Crippen LogP contribution in [0.5, 0.6) is 0 Å². The third-order valence-corrected chi connectivity index (χ3v) is 3.79. The topological polar surface area (TPSA) is 87.5 Å². The van der Waals surface area contributed by atoms with E-state index in [-0.39, 0.29) is 29.8 Å². The van der Waals surface area contributed by atoms with Crippen molar-refractivity contribution in [1.29, 1.82) is 0 Å². The minimum absolute atomic E-state index is 0.0111. The molecule has 0 aromatic heterocycles. The van der Waals surface area contributed by atoms with Crippen molar-refractivity contribution >= 4 is 17.6 Å². The molecular weight excluding hydrogens is 299 g/mol. The van der Waals surface area contributed by atoms with Gasteiger partial charge in [0.05, 0.1) is 0 Å². The van der Waals surface area contributed by atoms with Crippen LogP contribution in [0.3, 0.4) is 0 Å². The van der Waals surface area contributed by atoms with Crippen molar-refractivity contribution in [2.24, 2.45) is 5.73 Å². The van der Waals surface area contributed by atoms with Gasteiger partial charge in [0.25, 0.3) is 0 Å². The van der Waals surface area contributed by atoms with E-state index in [1.807, 2.05) is 6.92 Å². The summed E-state index contributed by atoms with van der Waals surface area (Å²) in [5.74, 6) is -0.279. The first kappa shape index (κ1) is 17.2. The monoisotopic (exact) mass is 322 g/mol. The summed E-state index contributed by atoms with van der Waals surface area (Å²) in [7, 11) is 0. The number of amides is 3. The molecule has 2 atom stereocenters. The zero-order valence-corrected chi connectivity index (χ0v) is 13.2. The number of hydrogen-bond donors (Lipinski definition) is 3. The van der Waals surface area contributed by atoms with Crippen molar-refractivity contribution < 1.29 is 14.0 Å². The highest BCUT2D eigenvalue weighted by Crippen LogP contribution is 2.13. The summed E-state index contributed by atoms with van der Waals surface area (Å²) in [6.07, 6.45) is 1.82. The second kappa shape index (κ2) is 7.92. The summed E-state index contributed by atoms with van der Waals surface area (Å²) in [5.41, 5.74) is 6.18. The molecule has 1 aliphatic heterocycles. The predicted molar refractivity (Wildman–Crippen MR) is 86.4 cm³/mol. The molecule has 1 saturated heterocycles. The molecule has 0 radical (unpaired) electrons. The van der Waals surface area contributed by atoms with E-state index in [1.165, 1.54) is 24.3 Å². The minimum Gasteiger partial charge on any atom is -0.341 e. The zero-order chi connectivity index (χ0) is 16.8. The van der Waals surface area contributed by atoms with E-state index in [0.29, 0.717) is 31.6 Å². The van der Waals surface area contributed by atoms with E-state index in [9.17, 15) is 14.0 Å².